The fraction of sp³-hybridized carbons (Fsp3) is 0.550. The molecule has 1 aliphatic rings. The number of carbonyl (C=O) groups is 2. The van der Waals surface area contributed by atoms with Gasteiger partial charge in [-0.1, -0.05) is 12.1 Å². The molecule has 146 valence electrons. The molecular weight excluding hydrogens is 346 g/mol. The number of oxazole rings is 1. The summed E-state index contributed by atoms with van der Waals surface area (Å²) in [6.45, 7) is 8.39. The van der Waals surface area contributed by atoms with Crippen LogP contribution in [-0.2, 0) is 16.0 Å². The number of amides is 2. The summed E-state index contributed by atoms with van der Waals surface area (Å²) in [4.78, 5) is 30.8. The van der Waals surface area contributed by atoms with Gasteiger partial charge in [0, 0.05) is 19.5 Å². The van der Waals surface area contributed by atoms with Crippen molar-refractivity contribution >= 4 is 23.1 Å². The molecule has 1 aliphatic heterocycles. The molecule has 1 saturated heterocycles. The van der Waals surface area contributed by atoms with Crippen LogP contribution in [0.3, 0.4) is 0 Å². The first-order chi connectivity index (χ1) is 12.7. The lowest BCUT2D eigenvalue weighted by atomic mass is 10.2. The third-order valence-corrected chi connectivity index (χ3v) is 4.49. The molecule has 1 N–H and O–H groups in total. The van der Waals surface area contributed by atoms with Crippen molar-refractivity contribution < 1.29 is 18.7 Å². The highest BCUT2D eigenvalue weighted by atomic mass is 16.6. The van der Waals surface area contributed by atoms with Gasteiger partial charge in [0.2, 0.25) is 5.91 Å². The monoisotopic (exact) mass is 373 g/mol. The van der Waals surface area contributed by atoms with Crippen LogP contribution in [0.5, 0.6) is 0 Å². The van der Waals surface area contributed by atoms with Crippen LogP contribution in [-0.4, -0.2) is 46.6 Å². The second-order valence-electron chi connectivity index (χ2n) is 7.90. The van der Waals surface area contributed by atoms with Crippen LogP contribution in [0.15, 0.2) is 22.6 Å². The van der Waals surface area contributed by atoms with Crippen molar-refractivity contribution in [2.75, 3.05) is 13.1 Å². The first-order valence-corrected chi connectivity index (χ1v) is 9.37. The Bertz CT molecular complexity index is 837. The Kier molecular flexibility index (Phi) is 5.39. The van der Waals surface area contributed by atoms with Gasteiger partial charge >= 0.3 is 6.09 Å². The Hall–Kier alpha value is -2.57. The van der Waals surface area contributed by atoms with E-state index in [-0.39, 0.29) is 5.91 Å². The molecule has 2 heterocycles. The number of rotatable bonds is 4. The molecule has 2 amide bonds. The molecule has 2 aromatic rings. The van der Waals surface area contributed by atoms with E-state index in [2.05, 4.69) is 10.3 Å². The molecule has 1 aromatic heterocycles. The zero-order valence-corrected chi connectivity index (χ0v) is 16.4. The van der Waals surface area contributed by atoms with E-state index in [0.29, 0.717) is 31.8 Å². The Morgan fingerprint density at radius 2 is 2.15 bits per heavy atom. The second-order valence-corrected chi connectivity index (χ2v) is 7.90. The van der Waals surface area contributed by atoms with Gasteiger partial charge in [-0.25, -0.2) is 9.78 Å². The van der Waals surface area contributed by atoms with E-state index < -0.39 is 17.7 Å². The van der Waals surface area contributed by atoms with Crippen molar-refractivity contribution in [2.45, 2.75) is 58.6 Å². The molecule has 0 spiro atoms. The smallest absolute Gasteiger partial charge is 0.410 e. The number of nitrogens with zero attached hydrogens (tertiary/aromatic N) is 2. The average Bonchev–Trinajstić information content (AvgIpc) is 3.20. The van der Waals surface area contributed by atoms with Crippen LogP contribution in [0.2, 0.25) is 0 Å². The summed E-state index contributed by atoms with van der Waals surface area (Å²) in [6, 6.07) is 5.32. The topological polar surface area (TPSA) is 84.7 Å². The van der Waals surface area contributed by atoms with Crippen LogP contribution in [0, 0.1) is 6.92 Å². The lowest BCUT2D eigenvalue weighted by molar-refractivity contribution is -0.125. The predicted molar refractivity (Wildman–Crippen MR) is 101 cm³/mol. The third kappa shape index (κ3) is 4.59. The van der Waals surface area contributed by atoms with Crippen molar-refractivity contribution in [1.82, 2.24) is 15.2 Å². The highest BCUT2D eigenvalue weighted by molar-refractivity contribution is 5.86. The van der Waals surface area contributed by atoms with Crippen molar-refractivity contribution in [1.29, 1.82) is 0 Å². The molecule has 0 saturated carbocycles. The van der Waals surface area contributed by atoms with Crippen molar-refractivity contribution in [3.05, 3.63) is 29.7 Å². The molecule has 1 atom stereocenters. The maximum atomic E-state index is 12.5. The molecule has 0 radical (unpaired) electrons. The lowest BCUT2D eigenvalue weighted by Crippen LogP contribution is -2.47. The fourth-order valence-corrected chi connectivity index (χ4v) is 3.23. The van der Waals surface area contributed by atoms with Crippen LogP contribution in [0.4, 0.5) is 4.79 Å². The first-order valence-electron chi connectivity index (χ1n) is 9.37. The van der Waals surface area contributed by atoms with Crippen molar-refractivity contribution in [3.63, 3.8) is 0 Å². The molecule has 3 rings (SSSR count). The number of para-hydroxylation sites is 1. The Morgan fingerprint density at radius 1 is 1.37 bits per heavy atom. The molecule has 1 fully saturated rings. The Morgan fingerprint density at radius 3 is 2.85 bits per heavy atom. The third-order valence-electron chi connectivity index (χ3n) is 4.49. The largest absolute Gasteiger partial charge is 0.444 e. The molecule has 1 unspecified atom stereocenters. The number of ether oxygens (including phenoxy) is 1. The number of benzene rings is 1. The number of fused-ring (bicyclic) bond motifs is 1. The van der Waals surface area contributed by atoms with Crippen LogP contribution < -0.4 is 5.32 Å². The van der Waals surface area contributed by atoms with Crippen LogP contribution in [0.25, 0.3) is 11.1 Å². The normalized spacial score (nSPS) is 17.3. The van der Waals surface area contributed by atoms with Crippen LogP contribution >= 0.6 is 0 Å². The first kappa shape index (κ1) is 19.2. The van der Waals surface area contributed by atoms with Gasteiger partial charge in [0.15, 0.2) is 11.5 Å². The van der Waals surface area contributed by atoms with Crippen LogP contribution in [0.1, 0.15) is 45.1 Å². The van der Waals surface area contributed by atoms with Gasteiger partial charge < -0.3 is 14.5 Å². The number of hydrogen-bond donors (Lipinski definition) is 1. The van der Waals surface area contributed by atoms with E-state index in [1.54, 1.807) is 0 Å². The predicted octanol–water partition coefficient (Wildman–Crippen LogP) is 3.19. The number of likely N-dealkylation sites (tertiary alicyclic amines) is 1. The second kappa shape index (κ2) is 7.58. The molecule has 1 aromatic carbocycles. The maximum absolute atomic E-state index is 12.5. The van der Waals surface area contributed by atoms with E-state index in [4.69, 9.17) is 9.15 Å². The summed E-state index contributed by atoms with van der Waals surface area (Å²) in [6.07, 6.45) is 1.50. The molecular formula is C20H27N3O4. The van der Waals surface area contributed by atoms with Gasteiger partial charge in [0.1, 0.15) is 17.2 Å². The van der Waals surface area contributed by atoms with Gasteiger partial charge in [-0.15, -0.1) is 0 Å². The number of hydrogen-bond acceptors (Lipinski definition) is 5. The SMILES string of the molecule is Cc1cccc2oc(CCNC(=O)C3CCCN3C(=O)OC(C)(C)C)nc12. The maximum Gasteiger partial charge on any atom is 0.410 e. The summed E-state index contributed by atoms with van der Waals surface area (Å²) >= 11 is 0. The van der Waals surface area contributed by atoms with Crippen molar-refractivity contribution in [3.8, 4) is 0 Å². The minimum atomic E-state index is -0.578. The molecule has 0 bridgehead atoms. The van der Waals surface area contributed by atoms with E-state index in [1.165, 1.54) is 4.90 Å². The lowest BCUT2D eigenvalue weighted by Gasteiger charge is -2.28. The number of nitrogens with one attached hydrogen (secondary N) is 1. The summed E-state index contributed by atoms with van der Waals surface area (Å²) in [7, 11) is 0. The zero-order chi connectivity index (χ0) is 19.6. The zero-order valence-electron chi connectivity index (χ0n) is 16.4. The van der Waals surface area contributed by atoms with E-state index in [0.717, 1.165) is 23.1 Å². The minimum absolute atomic E-state index is 0.161. The summed E-state index contributed by atoms with van der Waals surface area (Å²) in [5, 5.41) is 2.89. The van der Waals surface area contributed by atoms with Gasteiger partial charge in [0.25, 0.3) is 0 Å². The quantitative estimate of drug-likeness (QED) is 0.890. The van der Waals surface area contributed by atoms with E-state index >= 15 is 0 Å². The highest BCUT2D eigenvalue weighted by Crippen LogP contribution is 2.21. The summed E-state index contributed by atoms with van der Waals surface area (Å²) < 4.78 is 11.1. The number of carbonyl (C=O) groups excluding carboxylic acids is 2. The molecule has 7 heteroatoms. The van der Waals surface area contributed by atoms with E-state index in [9.17, 15) is 9.59 Å². The van der Waals surface area contributed by atoms with E-state index in [1.807, 2.05) is 45.9 Å². The Balaban J connectivity index is 1.55. The average molecular weight is 373 g/mol. The number of aryl methyl sites for hydroxylation is 1. The highest BCUT2D eigenvalue weighted by Gasteiger charge is 2.36. The van der Waals surface area contributed by atoms with Crippen molar-refractivity contribution in [2.24, 2.45) is 0 Å². The molecule has 27 heavy (non-hydrogen) atoms. The summed E-state index contributed by atoms with van der Waals surface area (Å²) in [5.41, 5.74) is 2.09. The van der Waals surface area contributed by atoms with Gasteiger partial charge in [-0.05, 0) is 52.2 Å². The van der Waals surface area contributed by atoms with Gasteiger partial charge in [-0.2, -0.15) is 0 Å². The van der Waals surface area contributed by atoms with Gasteiger partial charge in [0.05, 0.1) is 0 Å². The standard InChI is InChI=1S/C20H27N3O4/c1-13-7-5-9-15-17(13)22-16(26-15)10-11-21-18(24)14-8-6-12-23(14)19(25)27-20(2,3)4/h5,7,9,14H,6,8,10-12H2,1-4H3,(H,21,24). The number of aromatic nitrogens is 1. The minimum Gasteiger partial charge on any atom is -0.444 e. The fourth-order valence-electron chi connectivity index (χ4n) is 3.23. The Labute approximate surface area is 159 Å². The van der Waals surface area contributed by atoms with Gasteiger partial charge in [-0.3, -0.25) is 9.69 Å². The molecule has 7 nitrogen and oxygen atoms in total. The molecule has 0 aliphatic carbocycles. The summed E-state index contributed by atoms with van der Waals surface area (Å²) in [5.74, 6) is 0.431.